The highest BCUT2D eigenvalue weighted by Crippen LogP contribution is 2.36. The van der Waals surface area contributed by atoms with Crippen LogP contribution in [0.5, 0.6) is 0 Å². The third kappa shape index (κ3) is 2.62. The molecule has 1 amide bonds. The molecule has 1 heterocycles. The number of hydrogen-bond donors (Lipinski definition) is 2. The average Bonchev–Trinajstić information content (AvgIpc) is 2.69. The highest BCUT2D eigenvalue weighted by atomic mass is 16.2. The summed E-state index contributed by atoms with van der Waals surface area (Å²) in [6.45, 7) is 4.50. The molecular weight excluding hydrogens is 214 g/mol. The number of aromatic nitrogens is 1. The molecular formula is C13H21N3O. The molecule has 0 aliphatic heterocycles. The van der Waals surface area contributed by atoms with Crippen molar-refractivity contribution in [2.24, 2.45) is 12.5 Å². The molecule has 17 heavy (non-hydrogen) atoms. The molecule has 1 aliphatic carbocycles. The minimum absolute atomic E-state index is 0.0214. The first-order chi connectivity index (χ1) is 7.87. The zero-order chi connectivity index (χ0) is 12.6. The van der Waals surface area contributed by atoms with Crippen LogP contribution >= 0.6 is 0 Å². The lowest BCUT2D eigenvalue weighted by Crippen LogP contribution is -2.34. The molecule has 1 aliphatic rings. The number of rotatable bonds is 2. The van der Waals surface area contributed by atoms with Crippen molar-refractivity contribution in [2.75, 3.05) is 5.73 Å². The minimum Gasteiger partial charge on any atom is -0.397 e. The van der Waals surface area contributed by atoms with Crippen LogP contribution in [0.1, 0.15) is 43.6 Å². The van der Waals surface area contributed by atoms with Crippen LogP contribution in [0.25, 0.3) is 0 Å². The standard InChI is InChI=1S/C13H21N3O/c1-13(2)5-4-10(7-13)15-12(17)11-6-9(14)8-16(11)3/h6,8,10H,4-5,7,14H2,1-3H3,(H,15,17). The molecule has 1 fully saturated rings. The van der Waals surface area contributed by atoms with Gasteiger partial charge in [0, 0.05) is 19.3 Å². The van der Waals surface area contributed by atoms with E-state index in [1.54, 1.807) is 16.8 Å². The van der Waals surface area contributed by atoms with Crippen LogP contribution in [0, 0.1) is 5.41 Å². The predicted molar refractivity (Wildman–Crippen MR) is 68.7 cm³/mol. The SMILES string of the molecule is Cn1cc(N)cc1C(=O)NC1CCC(C)(C)C1. The van der Waals surface area contributed by atoms with Gasteiger partial charge in [-0.1, -0.05) is 13.8 Å². The first kappa shape index (κ1) is 12.0. The van der Waals surface area contributed by atoms with Gasteiger partial charge in [-0.15, -0.1) is 0 Å². The van der Waals surface area contributed by atoms with Crippen molar-refractivity contribution in [1.29, 1.82) is 0 Å². The highest BCUT2D eigenvalue weighted by Gasteiger charge is 2.32. The number of nitrogen functional groups attached to an aromatic ring is 1. The lowest BCUT2D eigenvalue weighted by atomic mass is 9.92. The second kappa shape index (κ2) is 4.09. The maximum Gasteiger partial charge on any atom is 0.268 e. The molecule has 1 atom stereocenters. The average molecular weight is 235 g/mol. The summed E-state index contributed by atoms with van der Waals surface area (Å²) in [4.78, 5) is 12.1. The molecule has 0 saturated heterocycles. The van der Waals surface area contributed by atoms with Gasteiger partial charge < -0.3 is 15.6 Å². The summed E-state index contributed by atoms with van der Waals surface area (Å²) in [5.74, 6) is -0.0214. The Morgan fingerprint density at radius 3 is 2.76 bits per heavy atom. The molecule has 94 valence electrons. The number of carbonyl (C=O) groups is 1. The second-order valence-corrected chi connectivity index (χ2v) is 5.85. The zero-order valence-corrected chi connectivity index (χ0v) is 10.8. The van der Waals surface area contributed by atoms with E-state index >= 15 is 0 Å². The Bertz CT molecular complexity index is 434. The van der Waals surface area contributed by atoms with Crippen LogP contribution < -0.4 is 11.1 Å². The van der Waals surface area contributed by atoms with Crippen LogP contribution in [0.15, 0.2) is 12.3 Å². The van der Waals surface area contributed by atoms with E-state index in [0.29, 0.717) is 22.8 Å². The Morgan fingerprint density at radius 1 is 1.59 bits per heavy atom. The number of nitrogens with one attached hydrogen (secondary N) is 1. The third-order valence-corrected chi connectivity index (χ3v) is 3.56. The quantitative estimate of drug-likeness (QED) is 0.822. The molecule has 4 heteroatoms. The molecule has 0 aromatic carbocycles. The van der Waals surface area contributed by atoms with Crippen molar-refractivity contribution >= 4 is 11.6 Å². The van der Waals surface area contributed by atoms with E-state index < -0.39 is 0 Å². The second-order valence-electron chi connectivity index (χ2n) is 5.85. The first-order valence-corrected chi connectivity index (χ1v) is 6.10. The fraction of sp³-hybridized carbons (Fsp3) is 0.615. The number of aryl methyl sites for hydroxylation is 1. The summed E-state index contributed by atoms with van der Waals surface area (Å²) in [6.07, 6.45) is 5.05. The number of nitrogens with two attached hydrogens (primary N) is 1. The van der Waals surface area contributed by atoms with Gasteiger partial charge in [0.15, 0.2) is 0 Å². The molecule has 1 aromatic rings. The van der Waals surface area contributed by atoms with Crippen molar-refractivity contribution < 1.29 is 4.79 Å². The van der Waals surface area contributed by atoms with Gasteiger partial charge in [0.1, 0.15) is 5.69 Å². The van der Waals surface area contributed by atoms with E-state index in [1.165, 1.54) is 6.42 Å². The number of nitrogens with zero attached hydrogens (tertiary/aromatic N) is 1. The smallest absolute Gasteiger partial charge is 0.268 e. The summed E-state index contributed by atoms with van der Waals surface area (Å²) < 4.78 is 1.77. The summed E-state index contributed by atoms with van der Waals surface area (Å²) in [5.41, 5.74) is 7.28. The number of hydrogen-bond acceptors (Lipinski definition) is 2. The van der Waals surface area contributed by atoms with Crippen LogP contribution in [-0.4, -0.2) is 16.5 Å². The Morgan fingerprint density at radius 2 is 2.29 bits per heavy atom. The maximum absolute atomic E-state index is 12.1. The van der Waals surface area contributed by atoms with Crippen molar-refractivity contribution in [1.82, 2.24) is 9.88 Å². The zero-order valence-electron chi connectivity index (χ0n) is 10.8. The van der Waals surface area contributed by atoms with E-state index in [4.69, 9.17) is 5.73 Å². The third-order valence-electron chi connectivity index (χ3n) is 3.56. The molecule has 1 aromatic heterocycles. The molecule has 3 N–H and O–H groups in total. The fourth-order valence-electron chi connectivity index (χ4n) is 2.63. The van der Waals surface area contributed by atoms with Crippen LogP contribution in [0.3, 0.4) is 0 Å². The van der Waals surface area contributed by atoms with E-state index in [2.05, 4.69) is 19.2 Å². The molecule has 0 spiro atoms. The monoisotopic (exact) mass is 235 g/mol. The van der Waals surface area contributed by atoms with Crippen LogP contribution in [0.4, 0.5) is 5.69 Å². The summed E-state index contributed by atoms with van der Waals surface area (Å²) >= 11 is 0. The van der Waals surface area contributed by atoms with Gasteiger partial charge in [0.05, 0.1) is 5.69 Å². The van der Waals surface area contributed by atoms with E-state index in [-0.39, 0.29) is 5.91 Å². The van der Waals surface area contributed by atoms with Gasteiger partial charge in [0.25, 0.3) is 5.91 Å². The van der Waals surface area contributed by atoms with E-state index in [1.807, 2.05) is 7.05 Å². The van der Waals surface area contributed by atoms with Gasteiger partial charge in [-0.25, -0.2) is 0 Å². The minimum atomic E-state index is -0.0214. The molecule has 0 radical (unpaired) electrons. The van der Waals surface area contributed by atoms with Crippen LogP contribution in [-0.2, 0) is 7.05 Å². The predicted octanol–water partition coefficient (Wildman–Crippen LogP) is 1.92. The van der Waals surface area contributed by atoms with E-state index in [0.717, 1.165) is 12.8 Å². The fourth-order valence-corrected chi connectivity index (χ4v) is 2.63. The Kier molecular flexibility index (Phi) is 2.89. The number of carbonyl (C=O) groups excluding carboxylic acids is 1. The maximum atomic E-state index is 12.1. The lowest BCUT2D eigenvalue weighted by molar-refractivity contribution is 0.0928. The Labute approximate surface area is 102 Å². The number of anilines is 1. The van der Waals surface area contributed by atoms with Gasteiger partial charge in [0.2, 0.25) is 0 Å². The van der Waals surface area contributed by atoms with Crippen molar-refractivity contribution in [3.63, 3.8) is 0 Å². The van der Waals surface area contributed by atoms with Crippen molar-refractivity contribution in [3.05, 3.63) is 18.0 Å². The van der Waals surface area contributed by atoms with Gasteiger partial charge >= 0.3 is 0 Å². The van der Waals surface area contributed by atoms with Crippen LogP contribution in [0.2, 0.25) is 0 Å². The van der Waals surface area contributed by atoms with Crippen molar-refractivity contribution in [3.8, 4) is 0 Å². The largest absolute Gasteiger partial charge is 0.397 e. The molecule has 4 nitrogen and oxygen atoms in total. The van der Waals surface area contributed by atoms with Gasteiger partial charge in [-0.05, 0) is 30.7 Å². The molecule has 1 unspecified atom stereocenters. The number of amides is 1. The van der Waals surface area contributed by atoms with Gasteiger partial charge in [-0.2, -0.15) is 0 Å². The molecule has 2 rings (SSSR count). The highest BCUT2D eigenvalue weighted by molar-refractivity contribution is 5.94. The summed E-state index contributed by atoms with van der Waals surface area (Å²) in [7, 11) is 1.84. The van der Waals surface area contributed by atoms with Gasteiger partial charge in [-0.3, -0.25) is 4.79 Å². The molecule has 0 bridgehead atoms. The first-order valence-electron chi connectivity index (χ1n) is 6.10. The summed E-state index contributed by atoms with van der Waals surface area (Å²) in [5, 5.41) is 3.09. The van der Waals surface area contributed by atoms with Crippen molar-refractivity contribution in [2.45, 2.75) is 39.2 Å². The Hall–Kier alpha value is -1.45. The summed E-state index contributed by atoms with van der Waals surface area (Å²) in [6, 6.07) is 2.02. The Balaban J connectivity index is 2.01. The molecule has 1 saturated carbocycles. The normalized spacial score (nSPS) is 22.6. The lowest BCUT2D eigenvalue weighted by Gasteiger charge is -2.17. The van der Waals surface area contributed by atoms with E-state index in [9.17, 15) is 4.79 Å². The topological polar surface area (TPSA) is 60.0 Å².